The van der Waals surface area contributed by atoms with Crippen molar-refractivity contribution in [3.8, 4) is 0 Å². The third-order valence-corrected chi connectivity index (χ3v) is 2.70. The summed E-state index contributed by atoms with van der Waals surface area (Å²) in [5, 5.41) is 6.10. The van der Waals surface area contributed by atoms with Gasteiger partial charge in [0.15, 0.2) is 0 Å². The van der Waals surface area contributed by atoms with Crippen LogP contribution < -0.4 is 10.6 Å². The molecule has 0 unspecified atom stereocenters. The van der Waals surface area contributed by atoms with Crippen LogP contribution in [-0.4, -0.2) is 22.4 Å². The van der Waals surface area contributed by atoms with Crippen molar-refractivity contribution >= 4 is 29.0 Å². The molecular formula is C13H13ClN4O. The van der Waals surface area contributed by atoms with E-state index in [1.165, 1.54) is 6.20 Å². The number of halogens is 1. The average Bonchev–Trinajstić information content (AvgIpc) is 2.42. The summed E-state index contributed by atoms with van der Waals surface area (Å²) in [7, 11) is 0. The lowest BCUT2D eigenvalue weighted by atomic mass is 10.2. The van der Waals surface area contributed by atoms with E-state index < -0.39 is 0 Å². The summed E-state index contributed by atoms with van der Waals surface area (Å²) in [5.74, 6) is 0.338. The lowest BCUT2D eigenvalue weighted by Crippen LogP contribution is -2.13. The van der Waals surface area contributed by atoms with Crippen LogP contribution in [0.4, 0.5) is 11.5 Å². The number of rotatable bonds is 4. The number of pyridine rings is 2. The first-order valence-electron chi connectivity index (χ1n) is 5.81. The SMILES string of the molecule is CCNc1cc(C(=O)Nc2ccncc2)c(Cl)cn1. The standard InChI is InChI=1S/C13H13ClN4O/c1-2-16-12-7-10(11(14)8-17-12)13(19)18-9-3-5-15-6-4-9/h3-8H,2H2,1H3,(H,16,17)(H,15,18,19). The van der Waals surface area contributed by atoms with Crippen LogP contribution in [0.1, 0.15) is 17.3 Å². The number of aromatic nitrogens is 2. The minimum absolute atomic E-state index is 0.280. The van der Waals surface area contributed by atoms with E-state index >= 15 is 0 Å². The molecular weight excluding hydrogens is 264 g/mol. The predicted octanol–water partition coefficient (Wildman–Crippen LogP) is 2.81. The van der Waals surface area contributed by atoms with Gasteiger partial charge in [-0.2, -0.15) is 0 Å². The second kappa shape index (κ2) is 6.15. The van der Waals surface area contributed by atoms with Crippen LogP contribution in [0.15, 0.2) is 36.8 Å². The van der Waals surface area contributed by atoms with Crippen molar-refractivity contribution in [3.63, 3.8) is 0 Å². The van der Waals surface area contributed by atoms with Crippen molar-refractivity contribution < 1.29 is 4.79 Å². The smallest absolute Gasteiger partial charge is 0.257 e. The van der Waals surface area contributed by atoms with E-state index in [1.54, 1.807) is 30.6 Å². The molecule has 0 radical (unpaired) electrons. The molecule has 0 aliphatic carbocycles. The highest BCUT2D eigenvalue weighted by atomic mass is 35.5. The van der Waals surface area contributed by atoms with Crippen molar-refractivity contribution in [2.75, 3.05) is 17.2 Å². The van der Waals surface area contributed by atoms with Crippen molar-refractivity contribution in [1.29, 1.82) is 0 Å². The zero-order valence-corrected chi connectivity index (χ0v) is 11.1. The van der Waals surface area contributed by atoms with E-state index in [2.05, 4.69) is 20.6 Å². The predicted molar refractivity (Wildman–Crippen MR) is 75.6 cm³/mol. The highest BCUT2D eigenvalue weighted by Crippen LogP contribution is 2.19. The number of nitrogens with one attached hydrogen (secondary N) is 2. The fourth-order valence-corrected chi connectivity index (χ4v) is 1.71. The topological polar surface area (TPSA) is 66.9 Å². The fraction of sp³-hybridized carbons (Fsp3) is 0.154. The molecule has 0 bridgehead atoms. The molecule has 0 saturated heterocycles. The Labute approximate surface area is 116 Å². The normalized spacial score (nSPS) is 10.0. The first-order chi connectivity index (χ1) is 9.20. The van der Waals surface area contributed by atoms with E-state index in [-0.39, 0.29) is 5.91 Å². The van der Waals surface area contributed by atoms with Gasteiger partial charge in [0.25, 0.3) is 5.91 Å². The van der Waals surface area contributed by atoms with Gasteiger partial charge in [-0.3, -0.25) is 9.78 Å². The Bertz CT molecular complexity index is 574. The fourth-order valence-electron chi connectivity index (χ4n) is 1.52. The van der Waals surface area contributed by atoms with Crippen LogP contribution in [0.5, 0.6) is 0 Å². The summed E-state index contributed by atoms with van der Waals surface area (Å²) in [4.78, 5) is 20.1. The molecule has 0 fully saturated rings. The van der Waals surface area contributed by atoms with Crippen LogP contribution in [0.25, 0.3) is 0 Å². The van der Waals surface area contributed by atoms with Gasteiger partial charge < -0.3 is 10.6 Å². The molecule has 2 aromatic heterocycles. The number of carbonyl (C=O) groups excluding carboxylic acids is 1. The highest BCUT2D eigenvalue weighted by Gasteiger charge is 2.12. The van der Waals surface area contributed by atoms with Crippen molar-refractivity contribution in [2.24, 2.45) is 0 Å². The van der Waals surface area contributed by atoms with Gasteiger partial charge in [0.2, 0.25) is 0 Å². The first kappa shape index (κ1) is 13.3. The van der Waals surface area contributed by atoms with E-state index in [0.717, 1.165) is 6.54 Å². The van der Waals surface area contributed by atoms with Gasteiger partial charge in [-0.15, -0.1) is 0 Å². The van der Waals surface area contributed by atoms with Gasteiger partial charge in [-0.05, 0) is 25.1 Å². The van der Waals surface area contributed by atoms with Gasteiger partial charge in [0.05, 0.1) is 10.6 Å². The van der Waals surface area contributed by atoms with Crippen LogP contribution in [-0.2, 0) is 0 Å². The van der Waals surface area contributed by atoms with Gasteiger partial charge in [0.1, 0.15) is 5.82 Å². The summed E-state index contributed by atoms with van der Waals surface area (Å²) in [6.45, 7) is 2.67. The zero-order valence-electron chi connectivity index (χ0n) is 10.4. The van der Waals surface area contributed by atoms with Gasteiger partial charge in [0, 0.05) is 30.8 Å². The lowest BCUT2D eigenvalue weighted by Gasteiger charge is -2.08. The average molecular weight is 277 g/mol. The zero-order chi connectivity index (χ0) is 13.7. The molecule has 6 heteroatoms. The number of carbonyl (C=O) groups is 1. The van der Waals surface area contributed by atoms with Crippen molar-refractivity contribution in [1.82, 2.24) is 9.97 Å². The second-order valence-corrected chi connectivity index (χ2v) is 4.18. The van der Waals surface area contributed by atoms with E-state index in [9.17, 15) is 4.79 Å². The van der Waals surface area contributed by atoms with Crippen molar-refractivity contribution in [2.45, 2.75) is 6.92 Å². The second-order valence-electron chi connectivity index (χ2n) is 3.77. The minimum Gasteiger partial charge on any atom is -0.370 e. The summed E-state index contributed by atoms with van der Waals surface area (Å²) >= 11 is 5.99. The summed E-state index contributed by atoms with van der Waals surface area (Å²) < 4.78 is 0. The maximum atomic E-state index is 12.1. The molecule has 0 spiro atoms. The number of amides is 1. The van der Waals surface area contributed by atoms with Gasteiger partial charge >= 0.3 is 0 Å². The summed E-state index contributed by atoms with van der Waals surface area (Å²) in [5.41, 5.74) is 1.04. The summed E-state index contributed by atoms with van der Waals surface area (Å²) in [6.07, 6.45) is 4.67. The Morgan fingerprint density at radius 2 is 2.11 bits per heavy atom. The quantitative estimate of drug-likeness (QED) is 0.901. The third-order valence-electron chi connectivity index (χ3n) is 2.40. The molecule has 2 N–H and O–H groups in total. The molecule has 98 valence electrons. The largest absolute Gasteiger partial charge is 0.370 e. The third kappa shape index (κ3) is 3.42. The molecule has 2 heterocycles. The number of hydrogen-bond donors (Lipinski definition) is 2. The lowest BCUT2D eigenvalue weighted by molar-refractivity contribution is 0.102. The molecule has 19 heavy (non-hydrogen) atoms. The van der Waals surface area contributed by atoms with E-state index in [1.807, 2.05) is 6.92 Å². The maximum Gasteiger partial charge on any atom is 0.257 e. The molecule has 0 aromatic carbocycles. The molecule has 2 aromatic rings. The van der Waals surface area contributed by atoms with Crippen molar-refractivity contribution in [3.05, 3.63) is 47.4 Å². The number of nitrogens with zero attached hydrogens (tertiary/aromatic N) is 2. The van der Waals surface area contributed by atoms with Crippen LogP contribution in [0.3, 0.4) is 0 Å². The monoisotopic (exact) mass is 276 g/mol. The van der Waals surface area contributed by atoms with E-state index in [0.29, 0.717) is 22.1 Å². The number of hydrogen-bond acceptors (Lipinski definition) is 4. The summed E-state index contributed by atoms with van der Waals surface area (Å²) in [6, 6.07) is 5.04. The van der Waals surface area contributed by atoms with Crippen LogP contribution in [0.2, 0.25) is 5.02 Å². The Hall–Kier alpha value is -2.14. The molecule has 1 amide bonds. The molecule has 0 saturated carbocycles. The number of anilines is 2. The molecule has 0 atom stereocenters. The minimum atomic E-state index is -0.280. The molecule has 0 aliphatic rings. The Morgan fingerprint density at radius 1 is 1.37 bits per heavy atom. The Kier molecular flexibility index (Phi) is 4.30. The molecule has 0 aliphatic heterocycles. The molecule has 5 nitrogen and oxygen atoms in total. The Morgan fingerprint density at radius 3 is 2.79 bits per heavy atom. The molecule has 2 rings (SSSR count). The van der Waals surface area contributed by atoms with Crippen LogP contribution in [0, 0.1) is 0 Å². The maximum absolute atomic E-state index is 12.1. The highest BCUT2D eigenvalue weighted by molar-refractivity contribution is 6.34. The van der Waals surface area contributed by atoms with Gasteiger partial charge in [-0.25, -0.2) is 4.98 Å². The van der Waals surface area contributed by atoms with Crippen LogP contribution >= 0.6 is 11.6 Å². The Balaban J connectivity index is 2.21. The van der Waals surface area contributed by atoms with E-state index in [4.69, 9.17) is 11.6 Å². The first-order valence-corrected chi connectivity index (χ1v) is 6.19. The van der Waals surface area contributed by atoms with Gasteiger partial charge in [-0.1, -0.05) is 11.6 Å².